The Balaban J connectivity index is 2.67. The first-order chi connectivity index (χ1) is 9.69. The van der Waals surface area contributed by atoms with Crippen LogP contribution in [0.4, 0.5) is 5.69 Å². The Morgan fingerprint density at radius 3 is 2.75 bits per heavy atom. The Bertz CT molecular complexity index is 472. The second kappa shape index (κ2) is 8.87. The average Bonchev–Trinajstić information content (AvgIpc) is 2.45. The number of anilines is 1. The van der Waals surface area contributed by atoms with Gasteiger partial charge in [0.05, 0.1) is 11.3 Å². The van der Waals surface area contributed by atoms with Gasteiger partial charge in [-0.05, 0) is 25.0 Å². The minimum Gasteiger partial charge on any atom is -0.351 e. The molecule has 1 aromatic rings. The van der Waals surface area contributed by atoms with E-state index >= 15 is 0 Å². The molecule has 0 unspecified atom stereocenters. The molecule has 2 amide bonds. The van der Waals surface area contributed by atoms with E-state index in [9.17, 15) is 9.59 Å². The van der Waals surface area contributed by atoms with Crippen molar-refractivity contribution in [3.63, 3.8) is 0 Å². The summed E-state index contributed by atoms with van der Waals surface area (Å²) in [6.45, 7) is 4.39. The van der Waals surface area contributed by atoms with Crippen LogP contribution in [0.2, 0.25) is 0 Å². The number of nitrogens with two attached hydrogens (primary N) is 1. The van der Waals surface area contributed by atoms with Crippen LogP contribution in [0.5, 0.6) is 0 Å². The lowest BCUT2D eigenvalue weighted by Gasteiger charge is -2.11. The number of amides is 2. The van der Waals surface area contributed by atoms with E-state index < -0.39 is 0 Å². The van der Waals surface area contributed by atoms with Crippen LogP contribution in [0.1, 0.15) is 29.6 Å². The number of hydrogen-bond donors (Lipinski definition) is 3. The molecule has 0 radical (unpaired) electrons. The van der Waals surface area contributed by atoms with Crippen molar-refractivity contribution in [3.8, 4) is 0 Å². The van der Waals surface area contributed by atoms with Gasteiger partial charge in [-0.1, -0.05) is 18.2 Å². The molecule has 0 saturated carbocycles. The molecule has 0 fully saturated rings. The number of para-hydroxylation sites is 1. The monoisotopic (exact) mass is 275 g/mol. The highest BCUT2D eigenvalue weighted by Gasteiger charge is 2.12. The number of unbranched alkanes of at least 4 members (excludes halogenated alkanes) is 1. The van der Waals surface area contributed by atoms with Gasteiger partial charge in [0.25, 0.3) is 5.91 Å². The van der Waals surface area contributed by atoms with Crippen molar-refractivity contribution in [3.05, 3.63) is 42.5 Å². The molecule has 0 aliphatic heterocycles. The quantitative estimate of drug-likeness (QED) is 0.498. The van der Waals surface area contributed by atoms with Crippen LogP contribution in [-0.4, -0.2) is 24.9 Å². The molecule has 0 bridgehead atoms. The summed E-state index contributed by atoms with van der Waals surface area (Å²) >= 11 is 0. The van der Waals surface area contributed by atoms with Gasteiger partial charge >= 0.3 is 0 Å². The number of rotatable bonds is 8. The van der Waals surface area contributed by atoms with Gasteiger partial charge in [-0.3, -0.25) is 9.59 Å². The van der Waals surface area contributed by atoms with E-state index in [1.54, 1.807) is 30.3 Å². The molecule has 5 nitrogen and oxygen atoms in total. The lowest BCUT2D eigenvalue weighted by Crippen LogP contribution is -2.29. The molecular formula is C15H21N3O2. The first-order valence-corrected chi connectivity index (χ1v) is 6.67. The standard InChI is InChI=1S/C15H21N3O2/c1-2-3-4-9-14(19)18-13-8-6-5-7-12(13)15(20)17-11-10-16/h2,5-8H,1,3-4,9-11,16H2,(H,17,20)(H,18,19). The first-order valence-electron chi connectivity index (χ1n) is 6.67. The maximum atomic E-state index is 11.9. The number of carbonyl (C=O) groups is 2. The molecule has 5 heteroatoms. The summed E-state index contributed by atoms with van der Waals surface area (Å²) in [7, 11) is 0. The lowest BCUT2D eigenvalue weighted by molar-refractivity contribution is -0.116. The zero-order valence-electron chi connectivity index (χ0n) is 11.5. The molecule has 0 atom stereocenters. The Hall–Kier alpha value is -2.14. The van der Waals surface area contributed by atoms with Crippen molar-refractivity contribution in [2.45, 2.75) is 19.3 Å². The minimum absolute atomic E-state index is 0.106. The van der Waals surface area contributed by atoms with Gasteiger partial charge in [0.15, 0.2) is 0 Å². The molecule has 108 valence electrons. The number of carbonyl (C=O) groups excluding carboxylic acids is 2. The second-order valence-electron chi connectivity index (χ2n) is 4.32. The van der Waals surface area contributed by atoms with E-state index in [4.69, 9.17) is 5.73 Å². The molecule has 1 aromatic carbocycles. The first kappa shape index (κ1) is 15.9. The van der Waals surface area contributed by atoms with Crippen LogP contribution in [0.3, 0.4) is 0 Å². The molecule has 4 N–H and O–H groups in total. The van der Waals surface area contributed by atoms with Crippen LogP contribution >= 0.6 is 0 Å². The van der Waals surface area contributed by atoms with E-state index in [0.717, 1.165) is 12.8 Å². The van der Waals surface area contributed by atoms with Gasteiger partial charge in [0, 0.05) is 19.5 Å². The fourth-order valence-electron chi connectivity index (χ4n) is 1.69. The Labute approximate surface area is 119 Å². The van der Waals surface area contributed by atoms with Crippen molar-refractivity contribution < 1.29 is 9.59 Å². The molecule has 0 aromatic heterocycles. The topological polar surface area (TPSA) is 84.2 Å². The maximum Gasteiger partial charge on any atom is 0.253 e. The van der Waals surface area contributed by atoms with Crippen molar-refractivity contribution in [1.29, 1.82) is 0 Å². The predicted octanol–water partition coefficient (Wildman–Crippen LogP) is 1.67. The fourth-order valence-corrected chi connectivity index (χ4v) is 1.69. The van der Waals surface area contributed by atoms with Crippen molar-refractivity contribution in [2.75, 3.05) is 18.4 Å². The van der Waals surface area contributed by atoms with Gasteiger partial charge in [0.2, 0.25) is 5.91 Å². The zero-order chi connectivity index (χ0) is 14.8. The molecular weight excluding hydrogens is 254 g/mol. The Morgan fingerprint density at radius 2 is 2.05 bits per heavy atom. The summed E-state index contributed by atoms with van der Waals surface area (Å²) in [5, 5.41) is 5.45. The number of benzene rings is 1. The molecule has 0 aliphatic carbocycles. The van der Waals surface area contributed by atoms with Gasteiger partial charge in [-0.2, -0.15) is 0 Å². The van der Waals surface area contributed by atoms with E-state index in [1.807, 2.05) is 0 Å². The predicted molar refractivity (Wildman–Crippen MR) is 80.5 cm³/mol. The van der Waals surface area contributed by atoms with Crippen LogP contribution in [0.25, 0.3) is 0 Å². The van der Waals surface area contributed by atoms with Crippen LogP contribution in [0.15, 0.2) is 36.9 Å². The molecule has 0 spiro atoms. The third kappa shape index (κ3) is 5.24. The zero-order valence-corrected chi connectivity index (χ0v) is 11.5. The molecule has 1 rings (SSSR count). The fraction of sp³-hybridized carbons (Fsp3) is 0.333. The Kier molecular flexibility index (Phi) is 7.06. The third-order valence-corrected chi connectivity index (χ3v) is 2.69. The molecule has 20 heavy (non-hydrogen) atoms. The summed E-state index contributed by atoms with van der Waals surface area (Å²) in [5.74, 6) is -0.344. The summed E-state index contributed by atoms with van der Waals surface area (Å²) < 4.78 is 0. The summed E-state index contributed by atoms with van der Waals surface area (Å²) in [6, 6.07) is 6.91. The highest BCUT2D eigenvalue weighted by atomic mass is 16.2. The highest BCUT2D eigenvalue weighted by molar-refractivity contribution is 6.03. The number of nitrogens with one attached hydrogen (secondary N) is 2. The van der Waals surface area contributed by atoms with Gasteiger partial charge in [-0.15, -0.1) is 6.58 Å². The summed E-state index contributed by atoms with van der Waals surface area (Å²) in [4.78, 5) is 23.7. The summed E-state index contributed by atoms with van der Waals surface area (Å²) in [6.07, 6.45) is 3.73. The molecule has 0 aliphatic rings. The van der Waals surface area contributed by atoms with E-state index in [2.05, 4.69) is 17.2 Å². The van der Waals surface area contributed by atoms with Crippen LogP contribution < -0.4 is 16.4 Å². The lowest BCUT2D eigenvalue weighted by atomic mass is 10.1. The average molecular weight is 275 g/mol. The SMILES string of the molecule is C=CCCCC(=O)Nc1ccccc1C(=O)NCCN. The molecule has 0 saturated heterocycles. The van der Waals surface area contributed by atoms with Crippen molar-refractivity contribution in [2.24, 2.45) is 5.73 Å². The normalized spacial score (nSPS) is 9.85. The number of hydrogen-bond acceptors (Lipinski definition) is 3. The van der Waals surface area contributed by atoms with Crippen molar-refractivity contribution in [1.82, 2.24) is 5.32 Å². The molecule has 0 heterocycles. The summed E-state index contributed by atoms with van der Waals surface area (Å²) in [5.41, 5.74) is 6.31. The highest BCUT2D eigenvalue weighted by Crippen LogP contribution is 2.15. The second-order valence-corrected chi connectivity index (χ2v) is 4.32. The van der Waals surface area contributed by atoms with Crippen LogP contribution in [0, 0.1) is 0 Å². The van der Waals surface area contributed by atoms with E-state index in [1.165, 1.54) is 0 Å². The third-order valence-electron chi connectivity index (χ3n) is 2.69. The Morgan fingerprint density at radius 1 is 1.30 bits per heavy atom. The van der Waals surface area contributed by atoms with E-state index in [-0.39, 0.29) is 11.8 Å². The smallest absolute Gasteiger partial charge is 0.253 e. The van der Waals surface area contributed by atoms with Crippen molar-refractivity contribution >= 4 is 17.5 Å². The van der Waals surface area contributed by atoms with Gasteiger partial charge < -0.3 is 16.4 Å². The largest absolute Gasteiger partial charge is 0.351 e. The van der Waals surface area contributed by atoms with Gasteiger partial charge in [-0.25, -0.2) is 0 Å². The van der Waals surface area contributed by atoms with Crippen LogP contribution in [-0.2, 0) is 4.79 Å². The number of allylic oxidation sites excluding steroid dienone is 1. The minimum atomic E-state index is -0.238. The van der Waals surface area contributed by atoms with E-state index in [0.29, 0.717) is 30.8 Å². The van der Waals surface area contributed by atoms with Gasteiger partial charge in [0.1, 0.15) is 0 Å². The maximum absolute atomic E-state index is 11.9.